The zero-order valence-electron chi connectivity index (χ0n) is 20.2. The van der Waals surface area contributed by atoms with Crippen molar-refractivity contribution in [2.24, 2.45) is 47.3 Å². The molecule has 1 heteroatoms. The van der Waals surface area contributed by atoms with E-state index in [4.69, 9.17) is 0 Å². The number of hydrogen-bond acceptors (Lipinski definition) is 0. The monoisotopic (exact) mass is 384 g/mol. The molecular formula is C26H56O. The van der Waals surface area contributed by atoms with E-state index >= 15 is 0 Å². The van der Waals surface area contributed by atoms with E-state index in [9.17, 15) is 0 Å². The van der Waals surface area contributed by atoms with Crippen molar-refractivity contribution >= 4 is 0 Å². The average Bonchev–Trinajstić information content (AvgIpc) is 2.59. The Hall–Kier alpha value is -0.0400. The molecule has 3 rings (SSSR count). The first kappa shape index (κ1) is 27.0. The predicted octanol–water partition coefficient (Wildman–Crippen LogP) is 8.41. The van der Waals surface area contributed by atoms with Crippen LogP contribution in [0.3, 0.4) is 0 Å². The molecule has 166 valence electrons. The summed E-state index contributed by atoms with van der Waals surface area (Å²) in [6.45, 7) is 19.1. The third kappa shape index (κ3) is 11.5. The van der Waals surface area contributed by atoms with Gasteiger partial charge in [-0.1, -0.05) is 107 Å². The quantitative estimate of drug-likeness (QED) is 0.401. The highest BCUT2D eigenvalue weighted by molar-refractivity contribution is 4.77. The molecule has 27 heavy (non-hydrogen) atoms. The van der Waals surface area contributed by atoms with Gasteiger partial charge in [-0.25, -0.2) is 0 Å². The fraction of sp³-hybridized carbons (Fsp3) is 1.00. The summed E-state index contributed by atoms with van der Waals surface area (Å²) in [4.78, 5) is 0. The van der Waals surface area contributed by atoms with E-state index in [1.165, 1.54) is 64.2 Å². The molecule has 3 saturated carbocycles. The van der Waals surface area contributed by atoms with Crippen LogP contribution in [0.1, 0.15) is 121 Å². The molecule has 2 N–H and O–H groups in total. The minimum atomic E-state index is 0. The Morgan fingerprint density at radius 2 is 0.630 bits per heavy atom. The molecule has 0 radical (unpaired) electrons. The van der Waals surface area contributed by atoms with E-state index in [-0.39, 0.29) is 6.90 Å². The maximum Gasteiger partial charge on any atom is 0 e. The lowest BCUT2D eigenvalue weighted by molar-refractivity contribution is 0.151. The molecule has 2 unspecified atom stereocenters. The summed E-state index contributed by atoms with van der Waals surface area (Å²) in [6, 6.07) is 0. The lowest BCUT2D eigenvalue weighted by Gasteiger charge is -2.35. The Balaban J connectivity index is 0. The van der Waals surface area contributed by atoms with E-state index in [0.717, 1.165) is 47.3 Å². The SMILES string of the molecule is CC1CC(C)C(C)C(C)C1.CC1CCC(C)CC1.CC1CCC(C)CC1.O.[HH]. The third-order valence-corrected chi connectivity index (χ3v) is 7.95. The molecule has 0 amide bonds. The molecule has 1 nitrogen and oxygen atoms in total. The standard InChI is InChI=1S/C10H20.2C8H16.H2O.H2/c1-7-5-8(2)10(4)9(3)6-7;2*1-7-3-5-8(2)6-4-7;;/h7-10H,5-6H2,1-4H3;2*7-8H,3-6H2,1-2H3;1H2;1H. The van der Waals surface area contributed by atoms with Crippen LogP contribution in [0.25, 0.3) is 0 Å². The highest BCUT2D eigenvalue weighted by Gasteiger charge is 2.27. The summed E-state index contributed by atoms with van der Waals surface area (Å²) in [5.74, 6) is 7.92. The van der Waals surface area contributed by atoms with Crippen molar-refractivity contribution in [2.75, 3.05) is 0 Å². The molecule has 3 aliphatic rings. The van der Waals surface area contributed by atoms with Crippen LogP contribution in [0.4, 0.5) is 0 Å². The molecule has 0 bridgehead atoms. The molecule has 0 saturated heterocycles. The molecule has 2 atom stereocenters. The van der Waals surface area contributed by atoms with Gasteiger partial charge in [0.15, 0.2) is 0 Å². The van der Waals surface area contributed by atoms with Crippen LogP contribution >= 0.6 is 0 Å². The van der Waals surface area contributed by atoms with Crippen molar-refractivity contribution in [1.82, 2.24) is 0 Å². The van der Waals surface area contributed by atoms with Crippen LogP contribution in [0.5, 0.6) is 0 Å². The smallest absolute Gasteiger partial charge is 0 e. The van der Waals surface area contributed by atoms with Gasteiger partial charge in [-0.3, -0.25) is 0 Å². The van der Waals surface area contributed by atoms with Gasteiger partial charge in [0.05, 0.1) is 0 Å². The Morgan fingerprint density at radius 3 is 0.852 bits per heavy atom. The molecule has 3 aliphatic carbocycles. The highest BCUT2D eigenvalue weighted by atomic mass is 16.0. The fourth-order valence-electron chi connectivity index (χ4n) is 5.21. The minimum Gasteiger partial charge on any atom is -0.412 e. The van der Waals surface area contributed by atoms with Crippen molar-refractivity contribution in [3.05, 3.63) is 0 Å². The van der Waals surface area contributed by atoms with Crippen LogP contribution < -0.4 is 0 Å². The molecule has 3 fully saturated rings. The second-order valence-electron chi connectivity index (χ2n) is 11.1. The van der Waals surface area contributed by atoms with Gasteiger partial charge in [-0.2, -0.15) is 0 Å². The topological polar surface area (TPSA) is 31.5 Å². The molecule has 0 aromatic carbocycles. The maximum absolute atomic E-state index is 2.40. The van der Waals surface area contributed by atoms with Crippen LogP contribution in [0, 0.1) is 47.3 Å². The molecule has 0 aliphatic heterocycles. The fourth-order valence-corrected chi connectivity index (χ4v) is 5.21. The largest absolute Gasteiger partial charge is 0.412 e. The lowest BCUT2D eigenvalue weighted by Crippen LogP contribution is -2.26. The van der Waals surface area contributed by atoms with Gasteiger partial charge in [-0.15, -0.1) is 0 Å². The summed E-state index contributed by atoms with van der Waals surface area (Å²) in [5, 5.41) is 0. The summed E-state index contributed by atoms with van der Waals surface area (Å²) in [6.07, 6.45) is 14.7. The van der Waals surface area contributed by atoms with Gasteiger partial charge in [0.1, 0.15) is 0 Å². The molecular weight excluding hydrogens is 328 g/mol. The Kier molecular flexibility index (Phi) is 14.0. The Bertz CT molecular complexity index is 290. The van der Waals surface area contributed by atoms with Crippen molar-refractivity contribution < 1.29 is 6.90 Å². The van der Waals surface area contributed by atoms with E-state index < -0.39 is 0 Å². The molecule has 0 heterocycles. The zero-order chi connectivity index (χ0) is 19.7. The minimum absolute atomic E-state index is 0. The zero-order valence-corrected chi connectivity index (χ0v) is 20.2. The van der Waals surface area contributed by atoms with E-state index in [0.29, 0.717) is 0 Å². The van der Waals surface area contributed by atoms with Crippen LogP contribution in [0.15, 0.2) is 0 Å². The third-order valence-electron chi connectivity index (χ3n) is 7.95. The van der Waals surface area contributed by atoms with Crippen molar-refractivity contribution in [1.29, 1.82) is 0 Å². The normalized spacial score (nSPS) is 41.8. The first-order valence-electron chi connectivity index (χ1n) is 12.2. The van der Waals surface area contributed by atoms with Crippen LogP contribution in [-0.4, -0.2) is 5.48 Å². The van der Waals surface area contributed by atoms with Gasteiger partial charge >= 0.3 is 0 Å². The summed E-state index contributed by atoms with van der Waals surface area (Å²) in [7, 11) is 0. The van der Waals surface area contributed by atoms with Gasteiger partial charge in [0.2, 0.25) is 0 Å². The van der Waals surface area contributed by atoms with Crippen molar-refractivity contribution in [2.45, 2.75) is 120 Å². The van der Waals surface area contributed by atoms with Gasteiger partial charge in [0, 0.05) is 1.43 Å². The second kappa shape index (κ2) is 14.0. The Labute approximate surface area is 174 Å². The highest BCUT2D eigenvalue weighted by Crippen LogP contribution is 2.37. The molecule has 0 aromatic heterocycles. The summed E-state index contributed by atoms with van der Waals surface area (Å²) < 4.78 is 0. The van der Waals surface area contributed by atoms with E-state index in [2.05, 4.69) is 55.4 Å². The van der Waals surface area contributed by atoms with Crippen molar-refractivity contribution in [3.63, 3.8) is 0 Å². The van der Waals surface area contributed by atoms with Gasteiger partial charge in [-0.05, 0) is 60.2 Å². The van der Waals surface area contributed by atoms with Crippen LogP contribution in [0.2, 0.25) is 0 Å². The van der Waals surface area contributed by atoms with Crippen molar-refractivity contribution in [3.8, 4) is 0 Å². The van der Waals surface area contributed by atoms with Gasteiger partial charge < -0.3 is 5.48 Å². The van der Waals surface area contributed by atoms with Gasteiger partial charge in [0.25, 0.3) is 0 Å². The van der Waals surface area contributed by atoms with E-state index in [1.807, 2.05) is 0 Å². The maximum atomic E-state index is 2.40. The predicted molar refractivity (Wildman–Crippen MR) is 125 cm³/mol. The lowest BCUT2D eigenvalue weighted by atomic mass is 9.71. The first-order valence-corrected chi connectivity index (χ1v) is 12.2. The summed E-state index contributed by atoms with van der Waals surface area (Å²) in [5.41, 5.74) is 0. The summed E-state index contributed by atoms with van der Waals surface area (Å²) >= 11 is 0. The number of rotatable bonds is 0. The molecule has 0 aromatic rings. The number of hydrogen-bond donors (Lipinski definition) is 0. The van der Waals surface area contributed by atoms with Crippen LogP contribution in [-0.2, 0) is 0 Å². The first-order chi connectivity index (χ1) is 12.2. The second-order valence-corrected chi connectivity index (χ2v) is 11.1. The Morgan fingerprint density at radius 1 is 0.407 bits per heavy atom. The van der Waals surface area contributed by atoms with E-state index in [1.54, 1.807) is 0 Å². The molecule has 0 spiro atoms. The average molecular weight is 385 g/mol.